The number of Topliss-reactive ketones (excluding diaryl/α,β-unsaturated/α-hetero) is 1. The van der Waals surface area contributed by atoms with Crippen LogP contribution in [-0.4, -0.2) is 12.4 Å². The zero-order chi connectivity index (χ0) is 14.7. The van der Waals surface area contributed by atoms with Gasteiger partial charge in [0.15, 0.2) is 6.61 Å². The van der Waals surface area contributed by atoms with Gasteiger partial charge in [0.1, 0.15) is 5.75 Å². The molecule has 0 amide bonds. The van der Waals surface area contributed by atoms with Gasteiger partial charge in [0, 0.05) is 15.4 Å². The van der Waals surface area contributed by atoms with Crippen LogP contribution in [0.25, 0.3) is 0 Å². The third-order valence-electron chi connectivity index (χ3n) is 2.62. The standard InChI is InChI=1S/C14H11BrCl2O2S/c1-2-8-3-4-14(20-8)12(18)7-19-13-6-10(16)9(15)5-11(13)17/h3-6H,2,7H2,1H3. The number of thiophene rings is 1. The number of carbonyl (C=O) groups excluding carboxylic acids is 1. The van der Waals surface area contributed by atoms with Crippen molar-refractivity contribution < 1.29 is 9.53 Å². The van der Waals surface area contributed by atoms with Crippen LogP contribution in [0.15, 0.2) is 28.7 Å². The summed E-state index contributed by atoms with van der Waals surface area (Å²) in [4.78, 5) is 13.9. The predicted octanol–water partition coefficient (Wildman–Crippen LogP) is 5.64. The molecule has 106 valence electrons. The van der Waals surface area contributed by atoms with Gasteiger partial charge in [-0.2, -0.15) is 0 Å². The van der Waals surface area contributed by atoms with Crippen LogP contribution in [0.1, 0.15) is 21.5 Å². The number of halogens is 3. The van der Waals surface area contributed by atoms with Gasteiger partial charge in [0.05, 0.1) is 14.9 Å². The summed E-state index contributed by atoms with van der Waals surface area (Å²) < 4.78 is 6.14. The van der Waals surface area contributed by atoms with Crippen LogP contribution in [0.3, 0.4) is 0 Å². The van der Waals surface area contributed by atoms with Crippen LogP contribution < -0.4 is 4.74 Å². The molecular formula is C14H11BrCl2O2S. The molecule has 0 saturated carbocycles. The van der Waals surface area contributed by atoms with E-state index in [4.69, 9.17) is 27.9 Å². The average molecular weight is 394 g/mol. The molecule has 0 fully saturated rings. The van der Waals surface area contributed by atoms with Crippen molar-refractivity contribution in [3.05, 3.63) is 48.5 Å². The van der Waals surface area contributed by atoms with Gasteiger partial charge in [-0.15, -0.1) is 11.3 Å². The summed E-state index contributed by atoms with van der Waals surface area (Å²) >= 11 is 16.8. The molecule has 2 rings (SSSR count). The zero-order valence-corrected chi connectivity index (χ0v) is 14.5. The minimum atomic E-state index is -0.0650. The lowest BCUT2D eigenvalue weighted by Crippen LogP contribution is -2.10. The van der Waals surface area contributed by atoms with Gasteiger partial charge in [0.2, 0.25) is 5.78 Å². The average Bonchev–Trinajstić information content (AvgIpc) is 2.90. The first-order valence-electron chi connectivity index (χ1n) is 5.90. The first kappa shape index (κ1) is 15.8. The van der Waals surface area contributed by atoms with Crippen molar-refractivity contribution >= 4 is 56.3 Å². The number of benzene rings is 1. The molecule has 0 aliphatic carbocycles. The lowest BCUT2D eigenvalue weighted by Gasteiger charge is -2.08. The first-order valence-corrected chi connectivity index (χ1v) is 8.27. The quantitative estimate of drug-likeness (QED) is 0.485. The number of ketones is 1. The second-order valence-electron chi connectivity index (χ2n) is 4.03. The molecule has 1 aromatic carbocycles. The molecule has 6 heteroatoms. The summed E-state index contributed by atoms with van der Waals surface area (Å²) in [7, 11) is 0. The minimum absolute atomic E-state index is 0.0542. The van der Waals surface area contributed by atoms with Gasteiger partial charge in [0.25, 0.3) is 0 Å². The highest BCUT2D eigenvalue weighted by molar-refractivity contribution is 9.10. The van der Waals surface area contributed by atoms with Crippen molar-refractivity contribution in [3.8, 4) is 5.75 Å². The van der Waals surface area contributed by atoms with E-state index in [0.29, 0.717) is 25.1 Å². The van der Waals surface area contributed by atoms with E-state index in [1.807, 2.05) is 12.1 Å². The van der Waals surface area contributed by atoms with Crippen LogP contribution in [-0.2, 0) is 6.42 Å². The molecule has 1 aromatic heterocycles. The van der Waals surface area contributed by atoms with Crippen molar-refractivity contribution in [2.45, 2.75) is 13.3 Å². The predicted molar refractivity (Wildman–Crippen MR) is 87.7 cm³/mol. The Hall–Kier alpha value is -0.550. The van der Waals surface area contributed by atoms with Gasteiger partial charge in [-0.1, -0.05) is 30.1 Å². The summed E-state index contributed by atoms with van der Waals surface area (Å²) in [5, 5.41) is 0.899. The maximum atomic E-state index is 12.0. The fraction of sp³-hybridized carbons (Fsp3) is 0.214. The molecule has 0 aliphatic heterocycles. The Balaban J connectivity index is 2.05. The normalized spacial score (nSPS) is 10.6. The van der Waals surface area contributed by atoms with E-state index in [1.165, 1.54) is 16.2 Å². The Morgan fingerprint density at radius 1 is 1.30 bits per heavy atom. The van der Waals surface area contributed by atoms with E-state index in [-0.39, 0.29) is 12.4 Å². The van der Waals surface area contributed by atoms with Crippen LogP contribution in [0, 0.1) is 0 Å². The number of hydrogen-bond acceptors (Lipinski definition) is 3. The molecular weight excluding hydrogens is 383 g/mol. The van der Waals surface area contributed by atoms with E-state index in [2.05, 4.69) is 22.9 Å². The fourth-order valence-corrected chi connectivity index (χ4v) is 3.27. The summed E-state index contributed by atoms with van der Waals surface area (Å²) in [6.07, 6.45) is 0.924. The zero-order valence-electron chi connectivity index (χ0n) is 10.6. The van der Waals surface area contributed by atoms with E-state index >= 15 is 0 Å². The van der Waals surface area contributed by atoms with Gasteiger partial charge >= 0.3 is 0 Å². The summed E-state index contributed by atoms with van der Waals surface area (Å²) in [5.74, 6) is 0.338. The Bertz CT molecular complexity index is 640. The Morgan fingerprint density at radius 2 is 2.05 bits per heavy atom. The first-order chi connectivity index (χ1) is 9.51. The second-order valence-corrected chi connectivity index (χ2v) is 6.87. The van der Waals surface area contributed by atoms with Crippen LogP contribution in [0.2, 0.25) is 10.0 Å². The lowest BCUT2D eigenvalue weighted by molar-refractivity contribution is 0.0925. The molecule has 0 atom stereocenters. The highest BCUT2D eigenvalue weighted by Gasteiger charge is 2.12. The summed E-state index contributed by atoms with van der Waals surface area (Å²) in [6.45, 7) is 2.00. The maximum Gasteiger partial charge on any atom is 0.210 e. The Labute approximate surface area is 139 Å². The number of rotatable bonds is 5. The van der Waals surface area contributed by atoms with Gasteiger partial charge in [-0.05, 0) is 40.5 Å². The SMILES string of the molecule is CCc1ccc(C(=O)COc2cc(Cl)c(Br)cc2Cl)s1. The van der Waals surface area contributed by atoms with Gasteiger partial charge in [-0.3, -0.25) is 4.79 Å². The van der Waals surface area contributed by atoms with Crippen LogP contribution in [0.4, 0.5) is 0 Å². The smallest absolute Gasteiger partial charge is 0.210 e. The number of hydrogen-bond donors (Lipinski definition) is 0. The Morgan fingerprint density at radius 3 is 2.70 bits per heavy atom. The van der Waals surface area contributed by atoms with E-state index in [0.717, 1.165) is 6.42 Å². The molecule has 1 heterocycles. The molecule has 0 saturated heterocycles. The molecule has 0 spiro atoms. The molecule has 0 bridgehead atoms. The van der Waals surface area contributed by atoms with E-state index in [1.54, 1.807) is 12.1 Å². The van der Waals surface area contributed by atoms with Crippen molar-refractivity contribution in [1.82, 2.24) is 0 Å². The number of carbonyl (C=O) groups is 1. The topological polar surface area (TPSA) is 26.3 Å². The third kappa shape index (κ3) is 3.76. The molecule has 0 unspecified atom stereocenters. The molecule has 2 nitrogen and oxygen atoms in total. The van der Waals surface area contributed by atoms with Crippen LogP contribution >= 0.6 is 50.5 Å². The molecule has 0 aliphatic rings. The Kier molecular flexibility index (Phi) is 5.49. The van der Waals surface area contributed by atoms with Gasteiger partial charge < -0.3 is 4.74 Å². The van der Waals surface area contributed by atoms with Crippen LogP contribution in [0.5, 0.6) is 5.75 Å². The van der Waals surface area contributed by atoms with Crippen molar-refractivity contribution in [2.75, 3.05) is 6.61 Å². The van der Waals surface area contributed by atoms with Gasteiger partial charge in [-0.25, -0.2) is 0 Å². The van der Waals surface area contributed by atoms with Crippen molar-refractivity contribution in [3.63, 3.8) is 0 Å². The van der Waals surface area contributed by atoms with E-state index in [9.17, 15) is 4.79 Å². The monoisotopic (exact) mass is 392 g/mol. The fourth-order valence-electron chi connectivity index (χ4n) is 1.55. The second kappa shape index (κ2) is 6.94. The summed E-state index contributed by atoms with van der Waals surface area (Å²) in [6, 6.07) is 7.02. The molecule has 2 aromatic rings. The highest BCUT2D eigenvalue weighted by atomic mass is 79.9. The molecule has 0 radical (unpaired) electrons. The molecule has 20 heavy (non-hydrogen) atoms. The minimum Gasteiger partial charge on any atom is -0.484 e. The summed E-state index contributed by atoms with van der Waals surface area (Å²) in [5.41, 5.74) is 0. The third-order valence-corrected chi connectivity index (χ3v) is 5.38. The molecule has 0 N–H and O–H groups in total. The number of aryl methyl sites for hydroxylation is 1. The van der Waals surface area contributed by atoms with Crippen molar-refractivity contribution in [2.24, 2.45) is 0 Å². The lowest BCUT2D eigenvalue weighted by atomic mass is 10.3. The van der Waals surface area contributed by atoms with E-state index < -0.39 is 0 Å². The largest absolute Gasteiger partial charge is 0.484 e. The maximum absolute atomic E-state index is 12.0. The van der Waals surface area contributed by atoms with Crippen molar-refractivity contribution in [1.29, 1.82) is 0 Å². The highest BCUT2D eigenvalue weighted by Crippen LogP contribution is 2.34. The number of ether oxygens (including phenoxy) is 1.